The van der Waals surface area contributed by atoms with Gasteiger partial charge in [0.25, 0.3) is 5.91 Å². The van der Waals surface area contributed by atoms with Gasteiger partial charge in [0, 0.05) is 37.5 Å². The van der Waals surface area contributed by atoms with Crippen LogP contribution in [0.15, 0.2) is 18.3 Å². The molecule has 0 bridgehead atoms. The maximum absolute atomic E-state index is 12.4. The number of aryl methyl sites for hydroxylation is 1. The molecule has 1 N–H and O–H groups in total. The van der Waals surface area contributed by atoms with Crippen LogP contribution in [-0.4, -0.2) is 41.2 Å². The highest BCUT2D eigenvalue weighted by molar-refractivity contribution is 5.96. The van der Waals surface area contributed by atoms with Gasteiger partial charge < -0.3 is 19.4 Å². The largest absolute Gasteiger partial charge is 0.481 e. The Balaban J connectivity index is 1.60. The van der Waals surface area contributed by atoms with E-state index in [9.17, 15) is 4.79 Å². The molecular formula is C18H24N4O3. The quantitative estimate of drug-likeness (QED) is 0.792. The third-order valence-corrected chi connectivity index (χ3v) is 4.39. The van der Waals surface area contributed by atoms with Crippen LogP contribution in [0, 0.1) is 12.8 Å². The highest BCUT2D eigenvalue weighted by atomic mass is 16.5. The Morgan fingerprint density at radius 2 is 2.12 bits per heavy atom. The molecule has 1 aliphatic rings. The molecule has 2 heterocycles. The Hall–Kier alpha value is -2.57. The smallest absolute Gasteiger partial charge is 0.256 e. The normalized spacial score (nSPS) is 13.6. The summed E-state index contributed by atoms with van der Waals surface area (Å²) in [6.07, 6.45) is 5.20. The SMILES string of the molecule is COc1ccc(C(=O)NCCc2ncc(C)n2CC2CC2)c(OC)n1. The van der Waals surface area contributed by atoms with E-state index in [1.807, 2.05) is 6.20 Å². The first-order chi connectivity index (χ1) is 12.1. The highest BCUT2D eigenvalue weighted by Crippen LogP contribution is 2.31. The molecule has 134 valence electrons. The average molecular weight is 344 g/mol. The van der Waals surface area contributed by atoms with Crippen molar-refractivity contribution in [1.29, 1.82) is 0 Å². The van der Waals surface area contributed by atoms with Crippen LogP contribution in [-0.2, 0) is 13.0 Å². The second-order valence-electron chi connectivity index (χ2n) is 6.29. The van der Waals surface area contributed by atoms with Crippen molar-refractivity contribution in [2.75, 3.05) is 20.8 Å². The van der Waals surface area contributed by atoms with Crippen LogP contribution in [0.2, 0.25) is 0 Å². The summed E-state index contributed by atoms with van der Waals surface area (Å²) in [5, 5.41) is 2.91. The number of carbonyl (C=O) groups is 1. The first kappa shape index (κ1) is 17.3. The number of ether oxygens (including phenoxy) is 2. The third-order valence-electron chi connectivity index (χ3n) is 4.39. The van der Waals surface area contributed by atoms with Gasteiger partial charge in [0.15, 0.2) is 0 Å². The number of nitrogens with zero attached hydrogens (tertiary/aromatic N) is 3. The monoisotopic (exact) mass is 344 g/mol. The number of rotatable bonds is 8. The molecule has 7 nitrogen and oxygen atoms in total. The molecule has 0 aromatic carbocycles. The Kier molecular flexibility index (Phi) is 5.21. The summed E-state index contributed by atoms with van der Waals surface area (Å²) < 4.78 is 12.5. The maximum atomic E-state index is 12.4. The van der Waals surface area contributed by atoms with E-state index >= 15 is 0 Å². The van der Waals surface area contributed by atoms with E-state index in [0.29, 0.717) is 24.4 Å². The Labute approximate surface area is 147 Å². The second kappa shape index (κ2) is 7.55. The fraction of sp³-hybridized carbons (Fsp3) is 0.500. The lowest BCUT2D eigenvalue weighted by Crippen LogP contribution is -2.27. The van der Waals surface area contributed by atoms with Crippen molar-refractivity contribution in [3.05, 3.63) is 35.4 Å². The van der Waals surface area contributed by atoms with Crippen molar-refractivity contribution in [3.63, 3.8) is 0 Å². The van der Waals surface area contributed by atoms with Gasteiger partial charge in [-0.05, 0) is 31.7 Å². The van der Waals surface area contributed by atoms with E-state index in [1.54, 1.807) is 12.1 Å². The highest BCUT2D eigenvalue weighted by Gasteiger charge is 2.23. The van der Waals surface area contributed by atoms with Crippen molar-refractivity contribution < 1.29 is 14.3 Å². The zero-order chi connectivity index (χ0) is 17.8. The Bertz CT molecular complexity index is 753. The third kappa shape index (κ3) is 4.10. The van der Waals surface area contributed by atoms with Crippen LogP contribution >= 0.6 is 0 Å². The van der Waals surface area contributed by atoms with E-state index in [1.165, 1.54) is 32.8 Å². The molecule has 3 rings (SSSR count). The molecule has 0 aliphatic heterocycles. The average Bonchev–Trinajstić information content (AvgIpc) is 3.39. The minimum Gasteiger partial charge on any atom is -0.481 e. The number of nitrogens with one attached hydrogen (secondary N) is 1. The molecule has 1 fully saturated rings. The summed E-state index contributed by atoms with van der Waals surface area (Å²) in [5.41, 5.74) is 1.56. The van der Waals surface area contributed by atoms with Gasteiger partial charge in [0.1, 0.15) is 11.4 Å². The fourth-order valence-corrected chi connectivity index (χ4v) is 2.77. The first-order valence-electron chi connectivity index (χ1n) is 8.50. The Morgan fingerprint density at radius 3 is 2.80 bits per heavy atom. The minimum atomic E-state index is -0.218. The summed E-state index contributed by atoms with van der Waals surface area (Å²) >= 11 is 0. The van der Waals surface area contributed by atoms with E-state index in [-0.39, 0.29) is 11.8 Å². The van der Waals surface area contributed by atoms with Crippen LogP contribution in [0.1, 0.15) is 34.7 Å². The number of aromatic nitrogens is 3. The second-order valence-corrected chi connectivity index (χ2v) is 6.29. The van der Waals surface area contributed by atoms with E-state index in [0.717, 1.165) is 18.3 Å². The van der Waals surface area contributed by atoms with Gasteiger partial charge >= 0.3 is 0 Å². The summed E-state index contributed by atoms with van der Waals surface area (Å²) in [4.78, 5) is 21.0. The molecule has 0 atom stereocenters. The van der Waals surface area contributed by atoms with Gasteiger partial charge in [-0.1, -0.05) is 0 Å². The summed E-state index contributed by atoms with van der Waals surface area (Å²) in [6.45, 7) is 3.62. The number of pyridine rings is 1. The van der Waals surface area contributed by atoms with Gasteiger partial charge in [-0.25, -0.2) is 4.98 Å². The van der Waals surface area contributed by atoms with E-state index < -0.39 is 0 Å². The van der Waals surface area contributed by atoms with Crippen LogP contribution < -0.4 is 14.8 Å². The maximum Gasteiger partial charge on any atom is 0.256 e. The van der Waals surface area contributed by atoms with Crippen molar-refractivity contribution in [3.8, 4) is 11.8 Å². The van der Waals surface area contributed by atoms with Gasteiger partial charge in [0.05, 0.1) is 14.2 Å². The fourth-order valence-electron chi connectivity index (χ4n) is 2.77. The van der Waals surface area contributed by atoms with E-state index in [2.05, 4.69) is 26.8 Å². The number of hydrogen-bond donors (Lipinski definition) is 1. The van der Waals surface area contributed by atoms with Crippen molar-refractivity contribution in [2.45, 2.75) is 32.7 Å². The van der Waals surface area contributed by atoms with Crippen LogP contribution in [0.4, 0.5) is 0 Å². The van der Waals surface area contributed by atoms with Gasteiger partial charge in [0.2, 0.25) is 11.8 Å². The molecule has 1 amide bonds. The molecule has 25 heavy (non-hydrogen) atoms. The van der Waals surface area contributed by atoms with Crippen LogP contribution in [0.5, 0.6) is 11.8 Å². The molecule has 0 spiro atoms. The lowest BCUT2D eigenvalue weighted by atomic mass is 10.2. The molecular weight excluding hydrogens is 320 g/mol. The molecule has 0 saturated heterocycles. The van der Waals surface area contributed by atoms with Crippen molar-refractivity contribution in [1.82, 2.24) is 19.9 Å². The molecule has 1 saturated carbocycles. The zero-order valence-corrected chi connectivity index (χ0v) is 14.9. The molecule has 1 aliphatic carbocycles. The lowest BCUT2D eigenvalue weighted by Gasteiger charge is -2.11. The molecule has 2 aromatic rings. The number of carbonyl (C=O) groups excluding carboxylic acids is 1. The summed E-state index contributed by atoms with van der Waals surface area (Å²) in [5.74, 6) is 2.25. The molecule has 2 aromatic heterocycles. The predicted molar refractivity (Wildman–Crippen MR) is 93.1 cm³/mol. The number of hydrogen-bond acceptors (Lipinski definition) is 5. The predicted octanol–water partition coefficient (Wildman–Crippen LogP) is 1.99. The molecule has 0 radical (unpaired) electrons. The van der Waals surface area contributed by atoms with Crippen LogP contribution in [0.25, 0.3) is 0 Å². The van der Waals surface area contributed by atoms with Crippen molar-refractivity contribution in [2.24, 2.45) is 5.92 Å². The number of amides is 1. The first-order valence-corrected chi connectivity index (χ1v) is 8.50. The number of imidazole rings is 1. The summed E-state index contributed by atoms with van der Waals surface area (Å²) in [6, 6.07) is 3.29. The molecule has 0 unspecified atom stereocenters. The van der Waals surface area contributed by atoms with Gasteiger partial charge in [-0.15, -0.1) is 0 Å². The van der Waals surface area contributed by atoms with E-state index in [4.69, 9.17) is 9.47 Å². The minimum absolute atomic E-state index is 0.218. The Morgan fingerprint density at radius 1 is 1.32 bits per heavy atom. The van der Waals surface area contributed by atoms with Crippen LogP contribution in [0.3, 0.4) is 0 Å². The van der Waals surface area contributed by atoms with Crippen molar-refractivity contribution >= 4 is 5.91 Å². The summed E-state index contributed by atoms with van der Waals surface area (Å²) in [7, 11) is 3.00. The topological polar surface area (TPSA) is 78.3 Å². The van der Waals surface area contributed by atoms with Gasteiger partial charge in [-0.3, -0.25) is 4.79 Å². The standard InChI is InChI=1S/C18H24N4O3/c1-12-10-20-15(22(12)11-13-4-5-13)8-9-19-17(23)14-6-7-16(24-2)21-18(14)25-3/h6-7,10,13H,4-5,8-9,11H2,1-3H3,(H,19,23). The molecule has 7 heteroatoms. The number of methoxy groups -OCH3 is 2. The zero-order valence-electron chi connectivity index (χ0n) is 14.9. The lowest BCUT2D eigenvalue weighted by molar-refractivity contribution is 0.0950. The van der Waals surface area contributed by atoms with Gasteiger partial charge in [-0.2, -0.15) is 4.98 Å².